The second kappa shape index (κ2) is 7.06. The lowest BCUT2D eigenvalue weighted by Gasteiger charge is -2.26. The Morgan fingerprint density at radius 3 is 2.44 bits per heavy atom. The zero-order chi connectivity index (χ0) is 13.6. The molecule has 1 fully saturated rings. The maximum absolute atomic E-state index is 11.2. The van der Waals surface area contributed by atoms with Gasteiger partial charge in [-0.15, -0.1) is 0 Å². The van der Waals surface area contributed by atoms with Gasteiger partial charge in [-0.25, -0.2) is 8.42 Å². The number of carbonyl (C=O) groups is 1. The molecule has 0 aromatic carbocycles. The second-order valence-electron chi connectivity index (χ2n) is 4.64. The highest BCUT2D eigenvalue weighted by Crippen LogP contribution is 2.03. The lowest BCUT2D eigenvalue weighted by atomic mass is 10.2. The van der Waals surface area contributed by atoms with E-state index in [9.17, 15) is 13.2 Å². The number of rotatable bonds is 6. The number of nitrogens with zero attached hydrogens (tertiary/aromatic N) is 1. The van der Waals surface area contributed by atoms with Gasteiger partial charge in [0.15, 0.2) is 16.6 Å². The van der Waals surface area contributed by atoms with Crippen LogP contribution < -0.4 is 0 Å². The molecular weight excluding hydrogens is 258 g/mol. The Kier molecular flexibility index (Phi) is 6.04. The van der Waals surface area contributed by atoms with Crippen molar-refractivity contribution in [3.8, 4) is 0 Å². The maximum atomic E-state index is 11.2. The van der Waals surface area contributed by atoms with Crippen LogP contribution in [0.2, 0.25) is 0 Å². The highest BCUT2D eigenvalue weighted by molar-refractivity contribution is 7.91. The summed E-state index contributed by atoms with van der Waals surface area (Å²) < 4.78 is 32.4. The number of hydrogen-bond acceptors (Lipinski definition) is 6. The summed E-state index contributed by atoms with van der Waals surface area (Å²) in [5.74, 6) is 0.00460. The number of sulfone groups is 1. The molecule has 0 aromatic rings. The minimum Gasteiger partial charge on any atom is -0.438 e. The molecule has 1 aliphatic rings. The van der Waals surface area contributed by atoms with Crippen molar-refractivity contribution in [1.29, 1.82) is 0 Å². The quantitative estimate of drug-likeness (QED) is 0.384. The Balaban J connectivity index is 2.04. The van der Waals surface area contributed by atoms with Crippen LogP contribution in [0.4, 0.5) is 0 Å². The SMILES string of the molecule is CC(C)C(=O)OCOCCN1CCS(=O)(=O)CC1. The normalized spacial score (nSPS) is 19.9. The minimum atomic E-state index is -2.82. The molecule has 0 unspecified atom stereocenters. The Morgan fingerprint density at radius 1 is 1.28 bits per heavy atom. The van der Waals surface area contributed by atoms with Crippen LogP contribution in [-0.2, 0) is 24.1 Å². The van der Waals surface area contributed by atoms with Crippen molar-refractivity contribution < 1.29 is 22.7 Å². The summed E-state index contributed by atoms with van der Waals surface area (Å²) in [7, 11) is -2.82. The smallest absolute Gasteiger partial charge is 0.310 e. The predicted molar refractivity (Wildman–Crippen MR) is 66.8 cm³/mol. The van der Waals surface area contributed by atoms with Gasteiger partial charge in [-0.1, -0.05) is 13.8 Å². The van der Waals surface area contributed by atoms with Crippen molar-refractivity contribution in [3.05, 3.63) is 0 Å². The molecule has 0 aliphatic carbocycles. The molecule has 0 radical (unpaired) electrons. The van der Waals surface area contributed by atoms with Crippen LogP contribution >= 0.6 is 0 Å². The van der Waals surface area contributed by atoms with Gasteiger partial charge in [-0.3, -0.25) is 9.69 Å². The van der Waals surface area contributed by atoms with E-state index in [1.54, 1.807) is 13.8 Å². The Bertz CT molecular complexity index is 352. The minimum absolute atomic E-state index is 0.0385. The average Bonchev–Trinajstić information content (AvgIpc) is 2.30. The van der Waals surface area contributed by atoms with E-state index < -0.39 is 9.84 Å². The molecule has 106 valence electrons. The van der Waals surface area contributed by atoms with Crippen molar-refractivity contribution in [1.82, 2.24) is 4.90 Å². The van der Waals surface area contributed by atoms with Crippen LogP contribution in [0.3, 0.4) is 0 Å². The molecule has 0 atom stereocenters. The van der Waals surface area contributed by atoms with E-state index in [-0.39, 0.29) is 30.2 Å². The number of ether oxygens (including phenoxy) is 2. The van der Waals surface area contributed by atoms with Crippen LogP contribution in [0, 0.1) is 5.92 Å². The fourth-order valence-corrected chi connectivity index (χ4v) is 2.77. The van der Waals surface area contributed by atoms with E-state index in [0.717, 1.165) is 0 Å². The monoisotopic (exact) mass is 279 g/mol. The third kappa shape index (κ3) is 5.79. The van der Waals surface area contributed by atoms with Gasteiger partial charge in [-0.05, 0) is 0 Å². The third-order valence-electron chi connectivity index (χ3n) is 2.74. The molecule has 1 saturated heterocycles. The zero-order valence-electron chi connectivity index (χ0n) is 10.9. The first-order valence-corrected chi connectivity index (χ1v) is 7.90. The number of hydrogen-bond donors (Lipinski definition) is 0. The third-order valence-corrected chi connectivity index (χ3v) is 4.35. The summed E-state index contributed by atoms with van der Waals surface area (Å²) in [6, 6.07) is 0. The lowest BCUT2D eigenvalue weighted by Crippen LogP contribution is -2.41. The molecule has 1 rings (SSSR count). The van der Waals surface area contributed by atoms with Crippen LogP contribution in [-0.4, -0.2) is 63.8 Å². The molecule has 18 heavy (non-hydrogen) atoms. The standard InChI is InChI=1S/C11H21NO5S/c1-10(2)11(13)17-9-16-6-3-12-4-7-18(14,15)8-5-12/h10H,3-9H2,1-2H3. The van der Waals surface area contributed by atoms with Gasteiger partial charge in [0.25, 0.3) is 0 Å². The van der Waals surface area contributed by atoms with Gasteiger partial charge in [0, 0.05) is 19.6 Å². The summed E-state index contributed by atoms with van der Waals surface area (Å²) in [6.07, 6.45) is 0. The van der Waals surface area contributed by atoms with Gasteiger partial charge >= 0.3 is 5.97 Å². The van der Waals surface area contributed by atoms with Crippen LogP contribution in [0.1, 0.15) is 13.8 Å². The molecule has 1 aliphatic heterocycles. The second-order valence-corrected chi connectivity index (χ2v) is 6.94. The highest BCUT2D eigenvalue weighted by Gasteiger charge is 2.20. The Morgan fingerprint density at radius 2 is 1.89 bits per heavy atom. The highest BCUT2D eigenvalue weighted by atomic mass is 32.2. The molecule has 0 aromatic heterocycles. The molecule has 1 heterocycles. The van der Waals surface area contributed by atoms with E-state index in [2.05, 4.69) is 0 Å². The molecular formula is C11H21NO5S. The Hall–Kier alpha value is -0.660. The molecule has 0 N–H and O–H groups in total. The summed E-state index contributed by atoms with van der Waals surface area (Å²) in [5.41, 5.74) is 0. The van der Waals surface area contributed by atoms with E-state index in [1.807, 2.05) is 4.90 Å². The van der Waals surface area contributed by atoms with Gasteiger partial charge in [-0.2, -0.15) is 0 Å². The summed E-state index contributed by atoms with van der Waals surface area (Å²) in [6.45, 7) is 5.69. The lowest BCUT2D eigenvalue weighted by molar-refractivity contribution is -0.160. The van der Waals surface area contributed by atoms with Crippen molar-refractivity contribution in [2.75, 3.05) is 44.5 Å². The Labute approximate surface area is 108 Å². The first kappa shape index (κ1) is 15.4. The molecule has 0 spiro atoms. The zero-order valence-corrected chi connectivity index (χ0v) is 11.7. The topological polar surface area (TPSA) is 72.9 Å². The van der Waals surface area contributed by atoms with Crippen molar-refractivity contribution in [2.45, 2.75) is 13.8 Å². The molecule has 0 amide bonds. The summed E-state index contributed by atoms with van der Waals surface area (Å²) >= 11 is 0. The molecule has 6 nitrogen and oxygen atoms in total. The fraction of sp³-hybridized carbons (Fsp3) is 0.909. The van der Waals surface area contributed by atoms with E-state index >= 15 is 0 Å². The van der Waals surface area contributed by atoms with Crippen LogP contribution in [0.15, 0.2) is 0 Å². The van der Waals surface area contributed by atoms with Gasteiger partial charge < -0.3 is 9.47 Å². The van der Waals surface area contributed by atoms with Gasteiger partial charge in [0.1, 0.15) is 0 Å². The van der Waals surface area contributed by atoms with E-state index in [0.29, 0.717) is 26.2 Å². The van der Waals surface area contributed by atoms with Crippen molar-refractivity contribution >= 4 is 15.8 Å². The van der Waals surface area contributed by atoms with Crippen molar-refractivity contribution in [2.24, 2.45) is 5.92 Å². The molecule has 7 heteroatoms. The predicted octanol–water partition coefficient (Wildman–Crippen LogP) is -0.110. The molecule has 0 bridgehead atoms. The van der Waals surface area contributed by atoms with Crippen LogP contribution in [0.25, 0.3) is 0 Å². The van der Waals surface area contributed by atoms with Gasteiger partial charge in [0.2, 0.25) is 0 Å². The maximum Gasteiger partial charge on any atom is 0.310 e. The van der Waals surface area contributed by atoms with Gasteiger partial charge in [0.05, 0.1) is 24.0 Å². The first-order valence-electron chi connectivity index (χ1n) is 6.08. The van der Waals surface area contributed by atoms with E-state index in [1.165, 1.54) is 0 Å². The van der Waals surface area contributed by atoms with Crippen LogP contribution in [0.5, 0.6) is 0 Å². The molecule has 0 saturated carbocycles. The summed E-state index contributed by atoms with van der Waals surface area (Å²) in [4.78, 5) is 13.1. The first-order chi connectivity index (χ1) is 8.41. The average molecular weight is 279 g/mol. The summed E-state index contributed by atoms with van der Waals surface area (Å²) in [5, 5.41) is 0. The number of carbonyl (C=O) groups excluding carboxylic acids is 1. The number of esters is 1. The largest absolute Gasteiger partial charge is 0.438 e. The van der Waals surface area contributed by atoms with E-state index in [4.69, 9.17) is 9.47 Å². The fourth-order valence-electron chi connectivity index (χ4n) is 1.49. The van der Waals surface area contributed by atoms with Crippen molar-refractivity contribution in [3.63, 3.8) is 0 Å².